The van der Waals surface area contributed by atoms with Gasteiger partial charge in [0.25, 0.3) is 0 Å². The number of alkyl halides is 3. The van der Waals surface area contributed by atoms with Crippen molar-refractivity contribution in [3.63, 3.8) is 0 Å². The lowest BCUT2D eigenvalue weighted by Crippen LogP contribution is -2.19. The van der Waals surface area contributed by atoms with E-state index in [-0.39, 0.29) is 13.2 Å². The van der Waals surface area contributed by atoms with Crippen molar-refractivity contribution in [2.24, 2.45) is 0 Å². The Morgan fingerprint density at radius 3 is 2.59 bits per heavy atom. The van der Waals surface area contributed by atoms with Crippen LogP contribution < -0.4 is 10.5 Å². The van der Waals surface area contributed by atoms with Crippen LogP contribution in [0.5, 0.6) is 5.75 Å². The average molecular weight is 249 g/mol. The summed E-state index contributed by atoms with van der Waals surface area (Å²) in [6.45, 7) is 0.503. The van der Waals surface area contributed by atoms with Crippen molar-refractivity contribution < 1.29 is 22.6 Å². The number of hydrogen-bond donors (Lipinski definition) is 1. The van der Waals surface area contributed by atoms with E-state index in [9.17, 15) is 13.2 Å². The molecule has 0 bridgehead atoms. The minimum atomic E-state index is -4.30. The van der Waals surface area contributed by atoms with Gasteiger partial charge in [-0.05, 0) is 24.6 Å². The van der Waals surface area contributed by atoms with E-state index in [1.165, 1.54) is 0 Å². The molecule has 0 heterocycles. The second kappa shape index (κ2) is 5.77. The van der Waals surface area contributed by atoms with Gasteiger partial charge in [-0.25, -0.2) is 0 Å². The fourth-order valence-corrected chi connectivity index (χ4v) is 1.17. The number of aryl methyl sites for hydroxylation is 1. The molecule has 0 atom stereocenters. The Morgan fingerprint density at radius 2 is 1.94 bits per heavy atom. The quantitative estimate of drug-likeness (QED) is 0.644. The van der Waals surface area contributed by atoms with Gasteiger partial charge in [0.2, 0.25) is 0 Å². The second-order valence-electron chi connectivity index (χ2n) is 3.56. The largest absolute Gasteiger partial charge is 0.489 e. The summed E-state index contributed by atoms with van der Waals surface area (Å²) in [4.78, 5) is 0. The molecule has 96 valence electrons. The fraction of sp³-hybridized carbons (Fsp3) is 0.455. The van der Waals surface area contributed by atoms with Crippen LogP contribution in [0.15, 0.2) is 18.2 Å². The predicted molar refractivity (Wildman–Crippen MR) is 58.0 cm³/mol. The Kier molecular flexibility index (Phi) is 4.62. The van der Waals surface area contributed by atoms with Crippen LogP contribution in [0.25, 0.3) is 0 Å². The molecule has 17 heavy (non-hydrogen) atoms. The highest BCUT2D eigenvalue weighted by Crippen LogP contribution is 2.22. The van der Waals surface area contributed by atoms with E-state index < -0.39 is 12.8 Å². The van der Waals surface area contributed by atoms with E-state index in [4.69, 9.17) is 10.5 Å². The van der Waals surface area contributed by atoms with Gasteiger partial charge in [0.15, 0.2) is 0 Å². The maximum Gasteiger partial charge on any atom is 0.411 e. The monoisotopic (exact) mass is 249 g/mol. The van der Waals surface area contributed by atoms with E-state index in [0.717, 1.165) is 5.56 Å². The molecule has 3 nitrogen and oxygen atoms in total. The van der Waals surface area contributed by atoms with Crippen molar-refractivity contribution in [2.75, 3.05) is 25.6 Å². The molecule has 6 heteroatoms. The summed E-state index contributed by atoms with van der Waals surface area (Å²) < 4.78 is 44.8. The molecule has 0 aliphatic carbocycles. The van der Waals surface area contributed by atoms with Crippen LogP contribution in [0.1, 0.15) is 5.56 Å². The minimum Gasteiger partial charge on any atom is -0.489 e. The number of halogens is 3. The number of rotatable bonds is 5. The number of nitrogen functional groups attached to an aromatic ring is 1. The van der Waals surface area contributed by atoms with Crippen molar-refractivity contribution in [3.05, 3.63) is 23.8 Å². The van der Waals surface area contributed by atoms with Crippen molar-refractivity contribution in [3.8, 4) is 5.75 Å². The lowest BCUT2D eigenvalue weighted by Gasteiger charge is -2.11. The first-order valence-electron chi connectivity index (χ1n) is 5.02. The zero-order valence-electron chi connectivity index (χ0n) is 9.38. The summed E-state index contributed by atoms with van der Waals surface area (Å²) in [5.74, 6) is 0.459. The molecule has 0 aliphatic heterocycles. The third-order valence-corrected chi connectivity index (χ3v) is 1.92. The van der Waals surface area contributed by atoms with Gasteiger partial charge in [0.05, 0.1) is 12.3 Å². The van der Waals surface area contributed by atoms with Gasteiger partial charge in [0, 0.05) is 0 Å². The Labute approximate surface area is 97.3 Å². The van der Waals surface area contributed by atoms with Crippen LogP contribution >= 0.6 is 0 Å². The van der Waals surface area contributed by atoms with Gasteiger partial charge < -0.3 is 15.2 Å². The predicted octanol–water partition coefficient (Wildman–Crippen LogP) is 2.53. The first kappa shape index (κ1) is 13.6. The zero-order valence-corrected chi connectivity index (χ0v) is 9.38. The highest BCUT2D eigenvalue weighted by molar-refractivity contribution is 5.53. The molecule has 0 radical (unpaired) electrons. The summed E-state index contributed by atoms with van der Waals surface area (Å²) >= 11 is 0. The highest BCUT2D eigenvalue weighted by atomic mass is 19.4. The van der Waals surface area contributed by atoms with E-state index in [0.29, 0.717) is 11.4 Å². The van der Waals surface area contributed by atoms with Gasteiger partial charge in [-0.2, -0.15) is 13.2 Å². The smallest absolute Gasteiger partial charge is 0.411 e. The van der Waals surface area contributed by atoms with Gasteiger partial charge in [0.1, 0.15) is 19.0 Å². The Bertz CT molecular complexity index is 366. The zero-order chi connectivity index (χ0) is 12.9. The van der Waals surface area contributed by atoms with Crippen LogP contribution in [-0.4, -0.2) is 26.0 Å². The number of ether oxygens (including phenoxy) is 2. The van der Waals surface area contributed by atoms with E-state index in [1.807, 2.05) is 13.0 Å². The number of benzene rings is 1. The normalized spacial score (nSPS) is 11.5. The third kappa shape index (κ3) is 5.44. The van der Waals surface area contributed by atoms with Gasteiger partial charge in [-0.3, -0.25) is 0 Å². The van der Waals surface area contributed by atoms with Crippen LogP contribution in [0.4, 0.5) is 18.9 Å². The molecule has 0 unspecified atom stereocenters. The third-order valence-electron chi connectivity index (χ3n) is 1.92. The first-order chi connectivity index (χ1) is 7.88. The van der Waals surface area contributed by atoms with Gasteiger partial charge >= 0.3 is 6.18 Å². The van der Waals surface area contributed by atoms with Crippen LogP contribution in [0.2, 0.25) is 0 Å². The van der Waals surface area contributed by atoms with E-state index in [2.05, 4.69) is 4.74 Å². The van der Waals surface area contributed by atoms with Crippen molar-refractivity contribution >= 4 is 5.69 Å². The summed E-state index contributed by atoms with van der Waals surface area (Å²) in [6.07, 6.45) is -4.30. The van der Waals surface area contributed by atoms with E-state index >= 15 is 0 Å². The van der Waals surface area contributed by atoms with E-state index in [1.54, 1.807) is 12.1 Å². The lowest BCUT2D eigenvalue weighted by molar-refractivity contribution is -0.175. The second-order valence-corrected chi connectivity index (χ2v) is 3.56. The summed E-state index contributed by atoms with van der Waals surface area (Å²) in [6, 6.07) is 5.22. The average Bonchev–Trinajstić information content (AvgIpc) is 2.21. The molecular weight excluding hydrogens is 235 g/mol. The summed E-state index contributed by atoms with van der Waals surface area (Å²) in [7, 11) is 0. The molecule has 0 saturated carbocycles. The number of hydrogen-bond acceptors (Lipinski definition) is 3. The minimum absolute atomic E-state index is 0.0315. The van der Waals surface area contributed by atoms with Crippen LogP contribution in [0, 0.1) is 6.92 Å². The molecule has 2 N–H and O–H groups in total. The summed E-state index contributed by atoms with van der Waals surface area (Å²) in [5.41, 5.74) is 7.04. The van der Waals surface area contributed by atoms with Crippen molar-refractivity contribution in [1.29, 1.82) is 0 Å². The molecule has 1 aromatic rings. The maximum atomic E-state index is 11.7. The standard InChI is InChI=1S/C11H14F3NO2/c1-8-2-3-9(15)10(6-8)17-5-4-16-7-11(12,13)14/h2-3,6H,4-5,7,15H2,1H3. The molecule has 1 aromatic carbocycles. The maximum absolute atomic E-state index is 11.7. The number of nitrogens with two attached hydrogens (primary N) is 1. The molecule has 0 aromatic heterocycles. The Balaban J connectivity index is 2.29. The van der Waals surface area contributed by atoms with Crippen LogP contribution in [0.3, 0.4) is 0 Å². The van der Waals surface area contributed by atoms with Crippen molar-refractivity contribution in [2.45, 2.75) is 13.1 Å². The Hall–Kier alpha value is -1.43. The summed E-state index contributed by atoms with van der Waals surface area (Å²) in [5, 5.41) is 0. The topological polar surface area (TPSA) is 44.5 Å². The molecule has 0 fully saturated rings. The fourth-order valence-electron chi connectivity index (χ4n) is 1.17. The highest BCUT2D eigenvalue weighted by Gasteiger charge is 2.27. The SMILES string of the molecule is Cc1ccc(N)c(OCCOCC(F)(F)F)c1. The molecular formula is C11H14F3NO2. The molecule has 0 amide bonds. The van der Waals surface area contributed by atoms with Gasteiger partial charge in [-0.15, -0.1) is 0 Å². The Morgan fingerprint density at radius 1 is 1.24 bits per heavy atom. The van der Waals surface area contributed by atoms with Crippen molar-refractivity contribution in [1.82, 2.24) is 0 Å². The molecule has 0 aliphatic rings. The first-order valence-corrected chi connectivity index (χ1v) is 5.02. The van der Waals surface area contributed by atoms with Gasteiger partial charge in [-0.1, -0.05) is 6.07 Å². The molecule has 0 spiro atoms. The lowest BCUT2D eigenvalue weighted by atomic mass is 10.2. The molecule has 0 saturated heterocycles. The number of anilines is 1. The molecule has 1 rings (SSSR count). The van der Waals surface area contributed by atoms with Crippen LogP contribution in [-0.2, 0) is 4.74 Å².